The molecule has 5 nitrogen and oxygen atoms in total. The molecule has 0 bridgehead atoms. The third kappa shape index (κ3) is 4.93. The van der Waals surface area contributed by atoms with Crippen LogP contribution in [-0.4, -0.2) is 20.8 Å². The van der Waals surface area contributed by atoms with Crippen molar-refractivity contribution in [2.24, 2.45) is 0 Å². The first-order valence-corrected chi connectivity index (χ1v) is 13.3. The van der Waals surface area contributed by atoms with E-state index < -0.39 is 0 Å². The van der Waals surface area contributed by atoms with Crippen LogP contribution in [0.4, 0.5) is 5.69 Å². The number of rotatable bonds is 6. The number of nitrogens with one attached hydrogen (secondary N) is 1. The van der Waals surface area contributed by atoms with Gasteiger partial charge in [0.1, 0.15) is 5.75 Å². The van der Waals surface area contributed by atoms with Gasteiger partial charge in [0.15, 0.2) is 5.11 Å². The Hall–Kier alpha value is -3.06. The second kappa shape index (κ2) is 10.4. The van der Waals surface area contributed by atoms with Gasteiger partial charge in [-0.2, -0.15) is 0 Å². The van der Waals surface area contributed by atoms with E-state index in [2.05, 4.69) is 51.8 Å². The average molecular weight is 552 g/mol. The van der Waals surface area contributed by atoms with Crippen LogP contribution in [0.1, 0.15) is 48.6 Å². The summed E-state index contributed by atoms with van der Waals surface area (Å²) < 4.78 is 8.03. The number of aromatic nitrogens is 2. The standard InChI is InChI=1S/C29H28Cl2N4OS/c1-17(2)36-22-11-9-21(10-12-22)35-28(27(33-29(35)37)25-7-5-6-14-32-25)23-15-18(3)34(19(23)4)26-13-8-20(30)16-24(26)31/h5-17,27-28H,1-4H3,(H,33,37)/t27-,28-/m1/s1. The molecule has 4 aromatic rings. The fraction of sp³-hybridized carbons (Fsp3) is 0.241. The summed E-state index contributed by atoms with van der Waals surface area (Å²) in [7, 11) is 0. The molecule has 8 heteroatoms. The number of ether oxygens (including phenoxy) is 1. The Labute approximate surface area is 233 Å². The molecular formula is C29H28Cl2N4OS. The molecule has 1 aliphatic heterocycles. The molecule has 0 unspecified atom stereocenters. The Morgan fingerprint density at radius 2 is 1.76 bits per heavy atom. The van der Waals surface area contributed by atoms with E-state index in [0.717, 1.165) is 39.8 Å². The van der Waals surface area contributed by atoms with Gasteiger partial charge in [-0.15, -0.1) is 0 Å². The van der Waals surface area contributed by atoms with E-state index >= 15 is 0 Å². The lowest BCUT2D eigenvalue weighted by Gasteiger charge is -2.28. The van der Waals surface area contributed by atoms with Gasteiger partial charge in [0.2, 0.25) is 0 Å². The van der Waals surface area contributed by atoms with Crippen LogP contribution in [-0.2, 0) is 0 Å². The lowest BCUT2D eigenvalue weighted by molar-refractivity contribution is 0.242. The first-order valence-electron chi connectivity index (χ1n) is 12.2. The number of nitrogens with zero attached hydrogens (tertiary/aromatic N) is 3. The molecular weight excluding hydrogens is 523 g/mol. The molecule has 0 aliphatic carbocycles. The first-order chi connectivity index (χ1) is 17.7. The highest BCUT2D eigenvalue weighted by Gasteiger charge is 2.42. The van der Waals surface area contributed by atoms with Gasteiger partial charge >= 0.3 is 0 Å². The maximum Gasteiger partial charge on any atom is 0.174 e. The fourth-order valence-electron chi connectivity index (χ4n) is 5.03. The van der Waals surface area contributed by atoms with Gasteiger partial charge in [-0.3, -0.25) is 4.98 Å². The minimum atomic E-state index is -0.144. The van der Waals surface area contributed by atoms with E-state index in [0.29, 0.717) is 15.2 Å². The van der Waals surface area contributed by atoms with Crippen molar-refractivity contribution >= 4 is 46.2 Å². The van der Waals surface area contributed by atoms with E-state index in [4.69, 9.17) is 40.2 Å². The monoisotopic (exact) mass is 550 g/mol. The minimum absolute atomic E-state index is 0.103. The van der Waals surface area contributed by atoms with Crippen LogP contribution in [0.2, 0.25) is 10.0 Å². The number of hydrogen-bond acceptors (Lipinski definition) is 3. The number of thiocarbonyl (C=S) groups is 1. The maximum atomic E-state index is 6.63. The van der Waals surface area contributed by atoms with Gasteiger partial charge in [-0.25, -0.2) is 0 Å². The molecule has 0 saturated carbocycles. The largest absolute Gasteiger partial charge is 0.491 e. The molecule has 2 aromatic carbocycles. The summed E-state index contributed by atoms with van der Waals surface area (Å²) in [5, 5.41) is 5.39. The maximum absolute atomic E-state index is 6.63. The van der Waals surface area contributed by atoms with E-state index in [9.17, 15) is 0 Å². The van der Waals surface area contributed by atoms with Gasteiger partial charge in [0.25, 0.3) is 0 Å². The van der Waals surface area contributed by atoms with E-state index in [1.807, 2.05) is 62.5 Å². The number of aryl methyl sites for hydroxylation is 1. The Bertz CT molecular complexity index is 1440. The van der Waals surface area contributed by atoms with Crippen LogP contribution in [0.25, 0.3) is 5.69 Å². The summed E-state index contributed by atoms with van der Waals surface area (Å²) in [4.78, 5) is 6.85. The molecule has 3 heterocycles. The molecule has 1 saturated heterocycles. The van der Waals surface area contributed by atoms with Crippen molar-refractivity contribution in [1.29, 1.82) is 0 Å². The summed E-state index contributed by atoms with van der Waals surface area (Å²) in [6, 6.07) is 21.5. The quantitative estimate of drug-likeness (QED) is 0.248. The number of pyridine rings is 1. The summed E-state index contributed by atoms with van der Waals surface area (Å²) in [5.41, 5.74) is 6.06. The summed E-state index contributed by atoms with van der Waals surface area (Å²) >= 11 is 18.7. The molecule has 2 aromatic heterocycles. The smallest absolute Gasteiger partial charge is 0.174 e. The Morgan fingerprint density at radius 1 is 1.00 bits per heavy atom. The normalized spacial score (nSPS) is 17.4. The topological polar surface area (TPSA) is 42.3 Å². The third-order valence-corrected chi connectivity index (χ3v) is 7.38. The van der Waals surface area contributed by atoms with E-state index in [1.54, 1.807) is 6.07 Å². The SMILES string of the molecule is Cc1cc([C@@H]2[C@@H](c3ccccn3)NC(=S)N2c2ccc(OC(C)C)cc2)c(C)n1-c1ccc(Cl)cc1Cl. The Balaban J connectivity index is 1.64. The minimum Gasteiger partial charge on any atom is -0.491 e. The van der Waals surface area contributed by atoms with Crippen molar-refractivity contribution < 1.29 is 4.74 Å². The predicted octanol–water partition coefficient (Wildman–Crippen LogP) is 7.76. The van der Waals surface area contributed by atoms with Crippen molar-refractivity contribution in [1.82, 2.24) is 14.9 Å². The highest BCUT2D eigenvalue weighted by atomic mass is 35.5. The second-order valence-electron chi connectivity index (χ2n) is 9.41. The highest BCUT2D eigenvalue weighted by Crippen LogP contribution is 2.44. The van der Waals surface area contributed by atoms with Gasteiger partial charge < -0.3 is 19.5 Å². The summed E-state index contributed by atoms with van der Waals surface area (Å²) in [6.45, 7) is 8.23. The van der Waals surface area contributed by atoms with Crippen LogP contribution in [0.5, 0.6) is 5.75 Å². The molecule has 1 fully saturated rings. The van der Waals surface area contributed by atoms with Crippen molar-refractivity contribution in [3.05, 3.63) is 106 Å². The average Bonchev–Trinajstić information content (AvgIpc) is 3.35. The first kappa shape index (κ1) is 25.6. The van der Waals surface area contributed by atoms with Crippen LogP contribution in [0.3, 0.4) is 0 Å². The number of benzene rings is 2. The summed E-state index contributed by atoms with van der Waals surface area (Å²) in [5.74, 6) is 0.824. The van der Waals surface area contributed by atoms with Crippen LogP contribution < -0.4 is 15.0 Å². The number of anilines is 1. The molecule has 0 amide bonds. The van der Waals surface area contributed by atoms with Gasteiger partial charge in [0, 0.05) is 28.3 Å². The number of hydrogen-bond donors (Lipinski definition) is 1. The van der Waals surface area contributed by atoms with Crippen molar-refractivity contribution in [2.75, 3.05) is 4.90 Å². The summed E-state index contributed by atoms with van der Waals surface area (Å²) in [6.07, 6.45) is 1.92. The van der Waals surface area contributed by atoms with Crippen LogP contribution in [0, 0.1) is 13.8 Å². The lowest BCUT2D eigenvalue weighted by atomic mass is 9.96. The van der Waals surface area contributed by atoms with Crippen molar-refractivity contribution in [3.8, 4) is 11.4 Å². The fourth-order valence-corrected chi connectivity index (χ4v) is 5.87. The van der Waals surface area contributed by atoms with Crippen molar-refractivity contribution in [2.45, 2.75) is 45.9 Å². The Morgan fingerprint density at radius 3 is 2.41 bits per heavy atom. The van der Waals surface area contributed by atoms with E-state index in [1.165, 1.54) is 0 Å². The molecule has 5 rings (SSSR count). The third-order valence-electron chi connectivity index (χ3n) is 6.52. The highest BCUT2D eigenvalue weighted by molar-refractivity contribution is 7.80. The van der Waals surface area contributed by atoms with Gasteiger partial charge in [-0.1, -0.05) is 29.3 Å². The second-order valence-corrected chi connectivity index (χ2v) is 10.6. The molecule has 0 spiro atoms. The zero-order valence-corrected chi connectivity index (χ0v) is 23.4. The van der Waals surface area contributed by atoms with E-state index in [-0.39, 0.29) is 18.2 Å². The van der Waals surface area contributed by atoms with Crippen LogP contribution >= 0.6 is 35.4 Å². The molecule has 0 radical (unpaired) electrons. The van der Waals surface area contributed by atoms with Gasteiger partial charge in [-0.05, 0) is 106 Å². The van der Waals surface area contributed by atoms with Crippen molar-refractivity contribution in [3.63, 3.8) is 0 Å². The Kier molecular flexibility index (Phi) is 7.17. The number of halogens is 2. The lowest BCUT2D eigenvalue weighted by Crippen LogP contribution is -2.29. The zero-order chi connectivity index (χ0) is 26.3. The molecule has 37 heavy (non-hydrogen) atoms. The molecule has 190 valence electrons. The molecule has 1 aliphatic rings. The molecule has 2 atom stereocenters. The molecule has 1 N–H and O–H groups in total. The van der Waals surface area contributed by atoms with Gasteiger partial charge in [0.05, 0.1) is 34.6 Å². The van der Waals surface area contributed by atoms with Crippen LogP contribution in [0.15, 0.2) is 72.9 Å². The predicted molar refractivity (Wildman–Crippen MR) is 155 cm³/mol. The zero-order valence-electron chi connectivity index (χ0n) is 21.1.